The summed E-state index contributed by atoms with van der Waals surface area (Å²) in [6.07, 6.45) is 0. The van der Waals surface area contributed by atoms with E-state index >= 15 is 0 Å². The van der Waals surface area contributed by atoms with Crippen LogP contribution >= 0.6 is 0 Å². The van der Waals surface area contributed by atoms with E-state index in [9.17, 15) is 10.1 Å². The van der Waals surface area contributed by atoms with Gasteiger partial charge in [-0.2, -0.15) is 0 Å². The molecule has 0 amide bonds. The number of hydrogen-bond donors (Lipinski definition) is 0. The Bertz CT molecular complexity index is 384. The Labute approximate surface area is 74.1 Å². The summed E-state index contributed by atoms with van der Waals surface area (Å²) in [5.74, 6) is -0.0793. The summed E-state index contributed by atoms with van der Waals surface area (Å²) >= 11 is 0. The minimum absolute atomic E-state index is 0.0423. The molecule has 0 spiro atoms. The fourth-order valence-electron chi connectivity index (χ4n) is 0.602. The highest BCUT2D eigenvalue weighted by Gasteiger charge is 1.96. The topological polar surface area (TPSA) is 52.4 Å². The molecule has 4 nitrogen and oxygen atoms in total. The van der Waals surface area contributed by atoms with Crippen molar-refractivity contribution in [2.24, 2.45) is 0 Å². The molecule has 0 aliphatic rings. The van der Waals surface area contributed by atoms with Gasteiger partial charge in [0.2, 0.25) is 6.54 Å². The van der Waals surface area contributed by atoms with Crippen LogP contribution in [0, 0.1) is 10.1 Å². The molecule has 0 bridgehead atoms. The summed E-state index contributed by atoms with van der Waals surface area (Å²) in [6.45, 7) is -0.588. The van der Waals surface area contributed by atoms with Gasteiger partial charge in [-0.15, -0.1) is 0 Å². The Balaban J connectivity index is 2.75. The zero-order valence-electron chi connectivity index (χ0n) is 9.24. The van der Waals surface area contributed by atoms with Gasteiger partial charge in [-0.3, -0.25) is 10.1 Å². The number of para-hydroxylation sites is 1. The van der Waals surface area contributed by atoms with Crippen LogP contribution in [0.15, 0.2) is 30.3 Å². The van der Waals surface area contributed by atoms with Gasteiger partial charge in [0, 0.05) is 4.92 Å². The van der Waals surface area contributed by atoms with Gasteiger partial charge >= 0.3 is 0 Å². The van der Waals surface area contributed by atoms with E-state index in [2.05, 4.69) is 0 Å². The van der Waals surface area contributed by atoms with Gasteiger partial charge in [0.05, 0.1) is 4.11 Å². The largest absolute Gasteiger partial charge is 0.487 e. The zero-order chi connectivity index (χ0) is 11.4. The average Bonchev–Trinajstić information content (AvgIpc) is 2.17. The lowest BCUT2D eigenvalue weighted by Gasteiger charge is -2.01. The van der Waals surface area contributed by atoms with Crippen LogP contribution in [0.1, 0.15) is 4.11 Å². The third-order valence-electron chi connectivity index (χ3n) is 1.09. The summed E-state index contributed by atoms with van der Waals surface area (Å²) in [6, 6.07) is 2.31. The summed E-state index contributed by atoms with van der Waals surface area (Å²) in [5, 5.41) is 10.0. The molecule has 64 valence electrons. The lowest BCUT2D eigenvalue weighted by atomic mass is 10.3. The third kappa shape index (κ3) is 3.01. The molecule has 0 saturated heterocycles. The first kappa shape index (κ1) is 5.13. The summed E-state index contributed by atoms with van der Waals surface area (Å²) in [7, 11) is 0. The van der Waals surface area contributed by atoms with Crippen molar-refractivity contribution in [1.29, 1.82) is 0 Å². The Morgan fingerprint density at radius 3 is 3.17 bits per heavy atom. The zero-order valence-corrected chi connectivity index (χ0v) is 6.24. The van der Waals surface area contributed by atoms with Crippen LogP contribution in [0.3, 0.4) is 0 Å². The van der Waals surface area contributed by atoms with Crippen LogP contribution in [0.4, 0.5) is 0 Å². The standard InChI is InChI=1S/C8H9NO3/c10-9(11)6-7-12-8-4-2-1-3-5-8/h1-5H,6-7H2/i2D,4D,5D. The predicted octanol–water partition coefficient (Wildman–Crippen LogP) is 1.34. The fourth-order valence-corrected chi connectivity index (χ4v) is 0.602. The van der Waals surface area contributed by atoms with Crippen LogP contribution in [0.2, 0.25) is 0 Å². The van der Waals surface area contributed by atoms with Crippen molar-refractivity contribution in [1.82, 2.24) is 0 Å². The molecule has 0 radical (unpaired) electrons. The van der Waals surface area contributed by atoms with Crippen LogP contribution in [-0.4, -0.2) is 18.1 Å². The lowest BCUT2D eigenvalue weighted by molar-refractivity contribution is -0.481. The summed E-state index contributed by atoms with van der Waals surface area (Å²) in [5.41, 5.74) is 0. The Morgan fingerprint density at radius 2 is 2.42 bits per heavy atom. The Kier molecular flexibility index (Phi) is 1.85. The van der Waals surface area contributed by atoms with Gasteiger partial charge in [0.25, 0.3) is 0 Å². The first-order valence-corrected chi connectivity index (χ1v) is 3.33. The Morgan fingerprint density at radius 1 is 1.58 bits per heavy atom. The molecule has 0 saturated carbocycles. The molecule has 0 aliphatic heterocycles. The maximum Gasteiger partial charge on any atom is 0.237 e. The van der Waals surface area contributed by atoms with E-state index < -0.39 is 4.92 Å². The van der Waals surface area contributed by atoms with E-state index in [1.807, 2.05) is 0 Å². The molecule has 0 N–H and O–H groups in total. The van der Waals surface area contributed by atoms with E-state index in [-0.39, 0.29) is 37.0 Å². The van der Waals surface area contributed by atoms with E-state index in [0.717, 1.165) is 0 Å². The van der Waals surface area contributed by atoms with Gasteiger partial charge in [0.1, 0.15) is 5.75 Å². The maximum absolute atomic E-state index is 10.0. The summed E-state index contributed by atoms with van der Waals surface area (Å²) < 4.78 is 27.0. The second kappa shape index (κ2) is 4.33. The van der Waals surface area contributed by atoms with Gasteiger partial charge in [0.15, 0.2) is 6.61 Å². The molecular formula is C8H9NO3. The summed E-state index contributed by atoms with van der Waals surface area (Å²) in [4.78, 5) is 9.48. The van der Waals surface area contributed by atoms with E-state index in [4.69, 9.17) is 8.85 Å². The van der Waals surface area contributed by atoms with Gasteiger partial charge in [-0.05, 0) is 12.1 Å². The number of nitrogens with zero attached hydrogens (tertiary/aromatic N) is 1. The molecule has 12 heavy (non-hydrogen) atoms. The molecule has 0 aliphatic carbocycles. The number of benzene rings is 1. The molecule has 4 heteroatoms. The van der Waals surface area contributed by atoms with Crippen molar-refractivity contribution in [2.75, 3.05) is 13.2 Å². The first-order valence-electron chi connectivity index (χ1n) is 4.83. The molecule has 1 aromatic rings. The quantitative estimate of drug-likeness (QED) is 0.506. The Hall–Kier alpha value is -1.58. The molecule has 1 rings (SSSR count). The molecule has 0 fully saturated rings. The number of ether oxygens (including phenoxy) is 1. The van der Waals surface area contributed by atoms with Crippen LogP contribution in [0.5, 0.6) is 5.75 Å². The van der Waals surface area contributed by atoms with Crippen molar-refractivity contribution in [2.45, 2.75) is 0 Å². The molecule has 1 aromatic carbocycles. The van der Waals surface area contributed by atoms with Gasteiger partial charge < -0.3 is 4.74 Å². The van der Waals surface area contributed by atoms with Crippen LogP contribution in [0.25, 0.3) is 0 Å². The molecule has 0 aromatic heterocycles. The molecular weight excluding hydrogens is 158 g/mol. The highest BCUT2D eigenvalue weighted by molar-refractivity contribution is 5.20. The van der Waals surface area contributed by atoms with E-state index in [1.165, 1.54) is 12.1 Å². The highest BCUT2D eigenvalue weighted by Crippen LogP contribution is 2.07. The van der Waals surface area contributed by atoms with Crippen molar-refractivity contribution < 1.29 is 13.8 Å². The fraction of sp³-hybridized carbons (Fsp3) is 0.250. The first-order chi connectivity index (χ1) is 7.02. The minimum Gasteiger partial charge on any atom is -0.487 e. The maximum atomic E-state index is 10.0. The van der Waals surface area contributed by atoms with Crippen molar-refractivity contribution in [3.63, 3.8) is 0 Å². The number of hydrogen-bond acceptors (Lipinski definition) is 3. The predicted molar refractivity (Wildman–Crippen MR) is 43.8 cm³/mol. The van der Waals surface area contributed by atoms with Crippen LogP contribution < -0.4 is 4.74 Å². The highest BCUT2D eigenvalue weighted by atomic mass is 16.6. The normalized spacial score (nSPS) is 12.8. The second-order valence-corrected chi connectivity index (χ2v) is 1.98. The molecule has 0 atom stereocenters. The third-order valence-corrected chi connectivity index (χ3v) is 1.09. The van der Waals surface area contributed by atoms with Crippen LogP contribution in [-0.2, 0) is 0 Å². The number of rotatable bonds is 4. The van der Waals surface area contributed by atoms with E-state index in [1.54, 1.807) is 0 Å². The molecule has 0 unspecified atom stereocenters. The average molecular weight is 170 g/mol. The molecule has 0 heterocycles. The van der Waals surface area contributed by atoms with Crippen molar-refractivity contribution in [3.05, 3.63) is 40.4 Å². The number of nitro groups is 1. The van der Waals surface area contributed by atoms with Gasteiger partial charge in [-0.1, -0.05) is 18.2 Å². The smallest absolute Gasteiger partial charge is 0.237 e. The SMILES string of the molecule is [2H]c1ccc([2H])c(OCC[N+](=O)[O-])c1[2H]. The lowest BCUT2D eigenvalue weighted by Crippen LogP contribution is -2.10. The minimum atomic E-state index is -0.544. The van der Waals surface area contributed by atoms with Crippen molar-refractivity contribution in [3.8, 4) is 5.75 Å². The van der Waals surface area contributed by atoms with Gasteiger partial charge in [-0.25, -0.2) is 0 Å². The monoisotopic (exact) mass is 170 g/mol. The van der Waals surface area contributed by atoms with Crippen molar-refractivity contribution >= 4 is 0 Å². The second-order valence-electron chi connectivity index (χ2n) is 1.98. The van der Waals surface area contributed by atoms with E-state index in [0.29, 0.717) is 0 Å².